The molecule has 0 aromatic heterocycles. The second-order valence-corrected chi connectivity index (χ2v) is 5.90. The first kappa shape index (κ1) is 14.8. The second kappa shape index (κ2) is 5.91. The van der Waals surface area contributed by atoms with Crippen LogP contribution in [0.1, 0.15) is 43.2 Å². The van der Waals surface area contributed by atoms with E-state index in [2.05, 4.69) is 11.4 Å². The van der Waals surface area contributed by atoms with E-state index in [0.29, 0.717) is 6.54 Å². The summed E-state index contributed by atoms with van der Waals surface area (Å²) in [4.78, 5) is 37.8. The minimum atomic E-state index is -0.654. The van der Waals surface area contributed by atoms with Crippen molar-refractivity contribution in [3.8, 4) is 0 Å². The maximum atomic E-state index is 13.0. The van der Waals surface area contributed by atoms with Crippen LogP contribution in [0.2, 0.25) is 0 Å². The molecule has 0 saturated carbocycles. The number of carbonyl (C=O) groups excluding carboxylic acids is 3. The number of likely N-dealkylation sites (N-methyl/N-ethyl adjacent to an activating group) is 1. The Morgan fingerprint density at radius 1 is 1.32 bits per heavy atom. The van der Waals surface area contributed by atoms with E-state index in [0.717, 1.165) is 24.8 Å². The smallest absolute Gasteiger partial charge is 0.249 e. The summed E-state index contributed by atoms with van der Waals surface area (Å²) >= 11 is 0. The van der Waals surface area contributed by atoms with Gasteiger partial charge in [0.05, 0.1) is 12.3 Å². The summed E-state index contributed by atoms with van der Waals surface area (Å²) in [6.45, 7) is 2.28. The highest BCUT2D eigenvalue weighted by Gasteiger charge is 2.40. The predicted octanol–water partition coefficient (Wildman–Crippen LogP) is 1.37. The molecule has 3 amide bonds. The van der Waals surface area contributed by atoms with Gasteiger partial charge in [-0.3, -0.25) is 19.7 Å². The molecule has 0 bridgehead atoms. The van der Waals surface area contributed by atoms with Gasteiger partial charge >= 0.3 is 0 Å². The lowest BCUT2D eigenvalue weighted by Gasteiger charge is -2.32. The summed E-state index contributed by atoms with van der Waals surface area (Å²) in [6, 6.07) is 7.36. The molecule has 116 valence electrons. The molecule has 0 unspecified atom stereocenters. The number of nitrogens with one attached hydrogen (secondary N) is 1. The standard InChI is InChI=1S/C17H20N2O3/c1-2-19(14-10-15(20)18-16(14)21)17(22)13-9-5-7-11-6-3-4-8-12(11)13/h3-4,6,8,13-14H,2,5,7,9-10H2,1H3,(H,18,20,21)/t13-,14-/m1/s1. The van der Waals surface area contributed by atoms with E-state index in [4.69, 9.17) is 0 Å². The monoisotopic (exact) mass is 300 g/mol. The van der Waals surface area contributed by atoms with Gasteiger partial charge < -0.3 is 4.90 Å². The summed E-state index contributed by atoms with van der Waals surface area (Å²) in [7, 11) is 0. The Balaban J connectivity index is 1.87. The SMILES string of the molecule is CCN(C(=O)[C@@H]1CCCc2ccccc21)[C@@H]1CC(=O)NC1=O. The van der Waals surface area contributed by atoms with Crippen molar-refractivity contribution in [2.24, 2.45) is 0 Å². The lowest BCUT2D eigenvalue weighted by Crippen LogP contribution is -2.46. The molecule has 0 radical (unpaired) electrons. The zero-order valence-corrected chi connectivity index (χ0v) is 12.7. The van der Waals surface area contributed by atoms with Crippen LogP contribution in [-0.4, -0.2) is 35.2 Å². The quantitative estimate of drug-likeness (QED) is 0.857. The normalized spacial score (nSPS) is 23.9. The Labute approximate surface area is 129 Å². The van der Waals surface area contributed by atoms with Gasteiger partial charge in [0.25, 0.3) is 0 Å². The number of benzene rings is 1. The molecule has 1 fully saturated rings. The fraction of sp³-hybridized carbons (Fsp3) is 0.471. The Kier molecular flexibility index (Phi) is 3.96. The molecular weight excluding hydrogens is 280 g/mol. The highest BCUT2D eigenvalue weighted by molar-refractivity contribution is 6.07. The largest absolute Gasteiger partial charge is 0.330 e. The number of imide groups is 1. The molecule has 2 atom stereocenters. The molecule has 1 aromatic rings. The Bertz CT molecular complexity index is 626. The molecule has 1 N–H and O–H groups in total. The molecule has 1 aromatic carbocycles. The van der Waals surface area contributed by atoms with Crippen molar-refractivity contribution in [3.63, 3.8) is 0 Å². The number of aryl methyl sites for hydroxylation is 1. The molecule has 5 nitrogen and oxygen atoms in total. The van der Waals surface area contributed by atoms with Crippen molar-refractivity contribution in [1.82, 2.24) is 10.2 Å². The third kappa shape index (κ3) is 2.51. The number of amides is 3. The topological polar surface area (TPSA) is 66.5 Å². The van der Waals surface area contributed by atoms with E-state index in [9.17, 15) is 14.4 Å². The lowest BCUT2D eigenvalue weighted by atomic mass is 9.82. The minimum Gasteiger partial charge on any atom is -0.330 e. The first-order chi connectivity index (χ1) is 10.6. The minimum absolute atomic E-state index is 0.0375. The van der Waals surface area contributed by atoms with Crippen LogP contribution in [-0.2, 0) is 20.8 Å². The molecule has 1 aliphatic carbocycles. The third-order valence-electron chi connectivity index (χ3n) is 4.61. The van der Waals surface area contributed by atoms with Gasteiger partial charge in [0.1, 0.15) is 6.04 Å². The van der Waals surface area contributed by atoms with Gasteiger partial charge in [-0.05, 0) is 37.3 Å². The highest BCUT2D eigenvalue weighted by atomic mass is 16.2. The van der Waals surface area contributed by atoms with Gasteiger partial charge in [-0.15, -0.1) is 0 Å². The molecule has 2 aliphatic rings. The lowest BCUT2D eigenvalue weighted by molar-refractivity contribution is -0.140. The summed E-state index contributed by atoms with van der Waals surface area (Å²) in [5, 5.41) is 2.29. The molecule has 0 spiro atoms. The van der Waals surface area contributed by atoms with Crippen LogP contribution in [0.3, 0.4) is 0 Å². The number of hydrogen-bond donors (Lipinski definition) is 1. The average molecular weight is 300 g/mol. The van der Waals surface area contributed by atoms with Crippen LogP contribution >= 0.6 is 0 Å². The Morgan fingerprint density at radius 3 is 2.77 bits per heavy atom. The number of carbonyl (C=O) groups is 3. The fourth-order valence-electron chi connectivity index (χ4n) is 3.53. The fourth-order valence-corrected chi connectivity index (χ4v) is 3.53. The van der Waals surface area contributed by atoms with E-state index in [1.54, 1.807) is 4.90 Å². The zero-order chi connectivity index (χ0) is 15.7. The summed E-state index contributed by atoms with van der Waals surface area (Å²) < 4.78 is 0. The van der Waals surface area contributed by atoms with Crippen LogP contribution in [0.4, 0.5) is 0 Å². The highest BCUT2D eigenvalue weighted by Crippen LogP contribution is 2.33. The van der Waals surface area contributed by atoms with Gasteiger partial charge in [-0.1, -0.05) is 24.3 Å². The van der Waals surface area contributed by atoms with Crippen LogP contribution < -0.4 is 5.32 Å². The molecule has 5 heteroatoms. The van der Waals surface area contributed by atoms with Crippen molar-refractivity contribution >= 4 is 17.7 Å². The number of rotatable bonds is 3. The van der Waals surface area contributed by atoms with Gasteiger partial charge in [-0.25, -0.2) is 0 Å². The predicted molar refractivity (Wildman–Crippen MR) is 81.1 cm³/mol. The van der Waals surface area contributed by atoms with Crippen molar-refractivity contribution in [2.45, 2.75) is 44.6 Å². The zero-order valence-electron chi connectivity index (χ0n) is 12.7. The summed E-state index contributed by atoms with van der Waals surface area (Å²) in [5.74, 6) is -0.896. The van der Waals surface area contributed by atoms with Crippen molar-refractivity contribution in [2.75, 3.05) is 6.54 Å². The summed E-state index contributed by atoms with van der Waals surface area (Å²) in [5.41, 5.74) is 2.29. The van der Waals surface area contributed by atoms with Gasteiger partial charge in [0, 0.05) is 6.54 Å². The van der Waals surface area contributed by atoms with E-state index >= 15 is 0 Å². The van der Waals surface area contributed by atoms with E-state index in [1.165, 1.54) is 5.56 Å². The molecule has 3 rings (SSSR count). The first-order valence-electron chi connectivity index (χ1n) is 7.83. The van der Waals surface area contributed by atoms with Crippen molar-refractivity contribution in [3.05, 3.63) is 35.4 Å². The molecular formula is C17H20N2O3. The maximum Gasteiger partial charge on any atom is 0.249 e. The van der Waals surface area contributed by atoms with Gasteiger partial charge in [0.2, 0.25) is 17.7 Å². The number of nitrogens with zero attached hydrogens (tertiary/aromatic N) is 1. The molecule has 1 saturated heterocycles. The Hall–Kier alpha value is -2.17. The van der Waals surface area contributed by atoms with Crippen LogP contribution in [0.15, 0.2) is 24.3 Å². The van der Waals surface area contributed by atoms with Gasteiger partial charge in [0.15, 0.2) is 0 Å². The van der Waals surface area contributed by atoms with Crippen LogP contribution in [0.25, 0.3) is 0 Å². The molecule has 22 heavy (non-hydrogen) atoms. The van der Waals surface area contributed by atoms with Crippen LogP contribution in [0, 0.1) is 0 Å². The van der Waals surface area contributed by atoms with E-state index in [1.807, 2.05) is 25.1 Å². The average Bonchev–Trinajstić information content (AvgIpc) is 2.86. The summed E-state index contributed by atoms with van der Waals surface area (Å²) in [6.07, 6.45) is 2.84. The van der Waals surface area contributed by atoms with Crippen molar-refractivity contribution < 1.29 is 14.4 Å². The maximum absolute atomic E-state index is 13.0. The Morgan fingerprint density at radius 2 is 2.09 bits per heavy atom. The number of fused-ring (bicyclic) bond motifs is 1. The van der Waals surface area contributed by atoms with E-state index in [-0.39, 0.29) is 30.1 Å². The van der Waals surface area contributed by atoms with Crippen molar-refractivity contribution in [1.29, 1.82) is 0 Å². The van der Waals surface area contributed by atoms with Crippen LogP contribution in [0.5, 0.6) is 0 Å². The first-order valence-corrected chi connectivity index (χ1v) is 7.83. The molecule has 1 heterocycles. The van der Waals surface area contributed by atoms with E-state index < -0.39 is 6.04 Å². The molecule has 1 aliphatic heterocycles. The second-order valence-electron chi connectivity index (χ2n) is 5.90. The third-order valence-corrected chi connectivity index (χ3v) is 4.61. The number of hydrogen-bond acceptors (Lipinski definition) is 3. The van der Waals surface area contributed by atoms with Gasteiger partial charge in [-0.2, -0.15) is 0 Å².